The molecule has 4 N–H and O–H groups in total. The van der Waals surface area contributed by atoms with Crippen LogP contribution in [0.2, 0.25) is 5.02 Å². The van der Waals surface area contributed by atoms with Crippen LogP contribution in [0.1, 0.15) is 23.2 Å². The minimum absolute atomic E-state index is 0.0629. The number of nitrogens with zero attached hydrogens (tertiary/aromatic N) is 3. The summed E-state index contributed by atoms with van der Waals surface area (Å²) in [5, 5.41) is 6.38. The highest BCUT2D eigenvalue weighted by Gasteiger charge is 2.25. The fraction of sp³-hybridized carbons (Fsp3) is 0.208. The lowest BCUT2D eigenvalue weighted by atomic mass is 10.2. The largest absolute Gasteiger partial charge is 0.456 e. The Bertz CT molecular complexity index is 1370. The molecule has 174 valence electrons. The maximum atomic E-state index is 14.2. The van der Waals surface area contributed by atoms with Crippen LogP contribution in [0, 0.1) is 5.82 Å². The summed E-state index contributed by atoms with van der Waals surface area (Å²) >= 11 is 6.46. The summed E-state index contributed by atoms with van der Waals surface area (Å²) in [5.74, 6) is 0.241. The van der Waals surface area contributed by atoms with Gasteiger partial charge in [-0.2, -0.15) is 0 Å². The number of carbonyl (C=O) groups excluding carboxylic acids is 1. The number of carbonyl (C=O) groups is 1. The first kappa shape index (κ1) is 22.1. The van der Waals surface area contributed by atoms with E-state index in [0.717, 1.165) is 23.9 Å². The molecule has 1 aliphatic carbocycles. The minimum atomic E-state index is -0.605. The Hall–Kier alpha value is -3.69. The van der Waals surface area contributed by atoms with Crippen LogP contribution in [0.15, 0.2) is 55.0 Å². The van der Waals surface area contributed by atoms with Gasteiger partial charge in [-0.15, -0.1) is 0 Å². The highest BCUT2D eigenvalue weighted by atomic mass is 35.5. The smallest absolute Gasteiger partial charge is 0.254 e. The van der Waals surface area contributed by atoms with Gasteiger partial charge in [0.15, 0.2) is 5.82 Å². The molecule has 1 saturated carbocycles. The van der Waals surface area contributed by atoms with Crippen molar-refractivity contribution in [2.45, 2.75) is 25.4 Å². The van der Waals surface area contributed by atoms with Crippen molar-refractivity contribution in [1.82, 2.24) is 19.9 Å². The van der Waals surface area contributed by atoms with Crippen molar-refractivity contribution >= 4 is 40.0 Å². The van der Waals surface area contributed by atoms with Crippen molar-refractivity contribution in [2.24, 2.45) is 5.73 Å². The fourth-order valence-corrected chi connectivity index (χ4v) is 3.83. The third kappa shape index (κ3) is 4.66. The lowest BCUT2D eigenvalue weighted by Crippen LogP contribution is -2.26. The maximum absolute atomic E-state index is 14.2. The monoisotopic (exact) mass is 480 g/mol. The molecular formula is C24H22ClFN6O2. The number of benzene rings is 2. The molecule has 4 aromatic rings. The molecule has 0 unspecified atom stereocenters. The van der Waals surface area contributed by atoms with Gasteiger partial charge in [0.25, 0.3) is 5.91 Å². The zero-order chi connectivity index (χ0) is 23.7. The number of fused-ring (bicyclic) bond motifs is 1. The van der Waals surface area contributed by atoms with E-state index in [1.807, 2.05) is 16.8 Å². The minimum Gasteiger partial charge on any atom is -0.456 e. The predicted octanol–water partition coefficient (Wildman–Crippen LogP) is 4.61. The van der Waals surface area contributed by atoms with Crippen molar-refractivity contribution in [1.29, 1.82) is 0 Å². The number of aromatic nitrogens is 3. The molecule has 1 fully saturated rings. The molecule has 8 nitrogen and oxygen atoms in total. The van der Waals surface area contributed by atoms with Gasteiger partial charge in [-0.3, -0.25) is 4.79 Å². The van der Waals surface area contributed by atoms with Gasteiger partial charge in [0.1, 0.15) is 29.2 Å². The summed E-state index contributed by atoms with van der Waals surface area (Å²) in [5.41, 5.74) is 7.99. The van der Waals surface area contributed by atoms with Gasteiger partial charge in [0.05, 0.1) is 16.1 Å². The lowest BCUT2D eigenvalue weighted by Gasteiger charge is -2.13. The summed E-state index contributed by atoms with van der Waals surface area (Å²) in [4.78, 5) is 20.9. The second-order valence-electron chi connectivity index (χ2n) is 8.02. The number of anilines is 2. The standard InChI is InChI=1S/C24H22ClFN6O2/c25-18-11-15(30-23-22-20(28-13-29-23)7-9-32(22)10-8-27)3-6-21(18)34-16-4-5-19(26)17(12-16)24(33)31-14-1-2-14/h3-7,9,11-14H,1-2,8,10,27H2,(H,31,33)(H,28,29,30). The maximum Gasteiger partial charge on any atom is 0.254 e. The molecule has 0 atom stereocenters. The molecule has 1 aliphatic rings. The normalized spacial score (nSPS) is 13.1. The summed E-state index contributed by atoms with van der Waals surface area (Å²) in [6.45, 7) is 1.13. The number of amides is 1. The van der Waals surface area contributed by atoms with Gasteiger partial charge in [-0.05, 0) is 55.3 Å². The van der Waals surface area contributed by atoms with Crippen LogP contribution in [0.3, 0.4) is 0 Å². The Morgan fingerprint density at radius 1 is 1.21 bits per heavy atom. The van der Waals surface area contributed by atoms with Crippen LogP contribution >= 0.6 is 11.6 Å². The highest BCUT2D eigenvalue weighted by molar-refractivity contribution is 6.32. The Morgan fingerprint density at radius 2 is 2.06 bits per heavy atom. The van der Waals surface area contributed by atoms with E-state index in [9.17, 15) is 9.18 Å². The average Bonchev–Trinajstić information content (AvgIpc) is 3.54. The molecule has 0 aliphatic heterocycles. The van der Waals surface area contributed by atoms with Crippen LogP contribution in [0.25, 0.3) is 11.0 Å². The Balaban J connectivity index is 1.35. The SMILES string of the molecule is NCCn1ccc2ncnc(Nc3ccc(Oc4ccc(F)c(C(=O)NC5CC5)c4)c(Cl)c3)c21. The first-order valence-corrected chi connectivity index (χ1v) is 11.2. The van der Waals surface area contributed by atoms with E-state index in [1.165, 1.54) is 24.5 Å². The van der Waals surface area contributed by atoms with E-state index < -0.39 is 11.7 Å². The van der Waals surface area contributed by atoms with Gasteiger partial charge in [-0.1, -0.05) is 11.6 Å². The first-order chi connectivity index (χ1) is 16.5. The topological polar surface area (TPSA) is 107 Å². The number of ether oxygens (including phenoxy) is 1. The van der Waals surface area contributed by atoms with E-state index >= 15 is 0 Å². The number of hydrogen-bond acceptors (Lipinski definition) is 6. The van der Waals surface area contributed by atoms with Gasteiger partial charge in [0.2, 0.25) is 0 Å². The molecule has 0 radical (unpaired) electrons. The lowest BCUT2D eigenvalue weighted by molar-refractivity contribution is 0.0946. The molecule has 2 aromatic heterocycles. The third-order valence-electron chi connectivity index (χ3n) is 5.44. The number of halogens is 2. The molecule has 1 amide bonds. The molecular weight excluding hydrogens is 459 g/mol. The highest BCUT2D eigenvalue weighted by Crippen LogP contribution is 2.34. The molecule has 0 bridgehead atoms. The van der Waals surface area contributed by atoms with E-state index in [2.05, 4.69) is 20.6 Å². The second-order valence-corrected chi connectivity index (χ2v) is 8.42. The zero-order valence-corrected chi connectivity index (χ0v) is 18.8. The number of rotatable bonds is 8. The summed E-state index contributed by atoms with van der Waals surface area (Å²) < 4.78 is 22.0. The fourth-order valence-electron chi connectivity index (χ4n) is 3.61. The molecule has 34 heavy (non-hydrogen) atoms. The Kier molecular flexibility index (Phi) is 6.04. The van der Waals surface area contributed by atoms with E-state index in [4.69, 9.17) is 22.1 Å². The van der Waals surface area contributed by atoms with Gasteiger partial charge in [-0.25, -0.2) is 14.4 Å². The molecule has 2 heterocycles. The number of hydrogen-bond donors (Lipinski definition) is 3. The third-order valence-corrected chi connectivity index (χ3v) is 5.73. The van der Waals surface area contributed by atoms with E-state index in [-0.39, 0.29) is 11.6 Å². The first-order valence-electron chi connectivity index (χ1n) is 10.9. The quantitative estimate of drug-likeness (QED) is 0.340. The Morgan fingerprint density at radius 3 is 2.82 bits per heavy atom. The van der Waals surface area contributed by atoms with Gasteiger partial charge < -0.3 is 25.7 Å². The molecule has 2 aromatic carbocycles. The molecule has 0 spiro atoms. The van der Waals surface area contributed by atoms with Crippen LogP contribution in [0.4, 0.5) is 15.9 Å². The molecule has 0 saturated heterocycles. The van der Waals surface area contributed by atoms with Crippen molar-refractivity contribution < 1.29 is 13.9 Å². The van der Waals surface area contributed by atoms with E-state index in [0.29, 0.717) is 41.1 Å². The molecule has 5 rings (SSSR count). The number of nitrogens with one attached hydrogen (secondary N) is 2. The van der Waals surface area contributed by atoms with Crippen molar-refractivity contribution in [3.05, 3.63) is 71.4 Å². The van der Waals surface area contributed by atoms with Crippen molar-refractivity contribution in [2.75, 3.05) is 11.9 Å². The van der Waals surface area contributed by atoms with E-state index in [1.54, 1.807) is 18.2 Å². The molecule has 10 heteroatoms. The predicted molar refractivity (Wildman–Crippen MR) is 128 cm³/mol. The summed E-state index contributed by atoms with van der Waals surface area (Å²) in [6, 6.07) is 11.2. The van der Waals surface area contributed by atoms with Crippen LogP contribution < -0.4 is 21.1 Å². The van der Waals surface area contributed by atoms with Crippen LogP contribution in [-0.2, 0) is 6.54 Å². The van der Waals surface area contributed by atoms with Crippen LogP contribution in [0.5, 0.6) is 11.5 Å². The van der Waals surface area contributed by atoms with Gasteiger partial charge in [0, 0.05) is 31.0 Å². The Labute approximate surface area is 199 Å². The van der Waals surface area contributed by atoms with Crippen molar-refractivity contribution in [3.63, 3.8) is 0 Å². The summed E-state index contributed by atoms with van der Waals surface area (Å²) in [7, 11) is 0. The van der Waals surface area contributed by atoms with Gasteiger partial charge >= 0.3 is 0 Å². The number of nitrogens with two attached hydrogens (primary N) is 1. The van der Waals surface area contributed by atoms with Crippen LogP contribution in [-0.4, -0.2) is 33.0 Å². The second kappa shape index (κ2) is 9.28. The average molecular weight is 481 g/mol. The zero-order valence-electron chi connectivity index (χ0n) is 18.1. The summed E-state index contributed by atoms with van der Waals surface area (Å²) in [6.07, 6.45) is 5.24. The van der Waals surface area contributed by atoms with Crippen molar-refractivity contribution in [3.8, 4) is 11.5 Å².